The van der Waals surface area contributed by atoms with Gasteiger partial charge in [-0.15, -0.1) is 0 Å². The Bertz CT molecular complexity index is 1110. The SMILES string of the molecule is CC.CN(C)C1CCCCC1.CNCCCOc1ccc2nc(NSc3ccc(N)cc3C#N)sc2c1. The lowest BCUT2D eigenvalue weighted by Crippen LogP contribution is -2.29. The first-order chi connectivity index (χ1) is 18.0. The zero-order valence-electron chi connectivity index (χ0n) is 22.8. The summed E-state index contributed by atoms with van der Waals surface area (Å²) in [5.74, 6) is 0.849. The summed E-state index contributed by atoms with van der Waals surface area (Å²) < 4.78 is 10.0. The number of hydrogen-bond donors (Lipinski definition) is 3. The third kappa shape index (κ3) is 10.4. The van der Waals surface area contributed by atoms with Crippen molar-refractivity contribution in [3.8, 4) is 11.8 Å². The van der Waals surface area contributed by atoms with Gasteiger partial charge in [-0.25, -0.2) is 4.98 Å². The highest BCUT2D eigenvalue weighted by atomic mass is 32.2. The molecule has 9 heteroatoms. The van der Waals surface area contributed by atoms with Crippen molar-refractivity contribution in [1.29, 1.82) is 5.26 Å². The molecule has 0 atom stereocenters. The zero-order valence-corrected chi connectivity index (χ0v) is 24.5. The van der Waals surface area contributed by atoms with Crippen molar-refractivity contribution in [3.05, 3.63) is 42.0 Å². The van der Waals surface area contributed by atoms with Crippen molar-refractivity contribution < 1.29 is 4.74 Å². The van der Waals surface area contributed by atoms with Crippen LogP contribution in [0.3, 0.4) is 0 Å². The number of nitrogens with zero attached hydrogens (tertiary/aromatic N) is 3. The molecule has 37 heavy (non-hydrogen) atoms. The number of rotatable bonds is 9. The maximum Gasteiger partial charge on any atom is 0.194 e. The van der Waals surface area contributed by atoms with Gasteiger partial charge >= 0.3 is 0 Å². The molecule has 1 aliphatic rings. The number of nitrogens with one attached hydrogen (secondary N) is 2. The molecule has 4 N–H and O–H groups in total. The molecule has 7 nitrogen and oxygen atoms in total. The molecule has 0 amide bonds. The molecule has 0 unspecified atom stereocenters. The molecule has 4 rings (SSSR count). The third-order valence-corrected chi connectivity index (χ3v) is 7.81. The van der Waals surface area contributed by atoms with Gasteiger partial charge in [0.2, 0.25) is 0 Å². The topological polar surface area (TPSA) is 99.2 Å². The zero-order chi connectivity index (χ0) is 27.0. The highest BCUT2D eigenvalue weighted by Gasteiger charge is 2.14. The van der Waals surface area contributed by atoms with Crippen LogP contribution in [0.5, 0.6) is 5.75 Å². The fourth-order valence-corrected chi connectivity index (χ4v) is 5.53. The minimum atomic E-state index is 0.542. The lowest BCUT2D eigenvalue weighted by atomic mass is 9.95. The highest BCUT2D eigenvalue weighted by molar-refractivity contribution is 8.00. The van der Waals surface area contributed by atoms with E-state index in [1.165, 1.54) is 44.1 Å². The van der Waals surface area contributed by atoms with Crippen molar-refractivity contribution in [2.45, 2.75) is 63.3 Å². The number of benzene rings is 2. The van der Waals surface area contributed by atoms with Gasteiger partial charge in [0.1, 0.15) is 11.8 Å². The molecule has 1 saturated carbocycles. The van der Waals surface area contributed by atoms with E-state index in [4.69, 9.17) is 10.5 Å². The molecule has 1 fully saturated rings. The molecule has 202 valence electrons. The summed E-state index contributed by atoms with van der Waals surface area (Å²) in [6.07, 6.45) is 8.17. The summed E-state index contributed by atoms with van der Waals surface area (Å²) in [5, 5.41) is 13.1. The second-order valence-electron chi connectivity index (χ2n) is 8.78. The second kappa shape index (κ2) is 17.1. The average Bonchev–Trinajstić information content (AvgIpc) is 3.34. The first-order valence-corrected chi connectivity index (χ1v) is 14.7. The third-order valence-electron chi connectivity index (χ3n) is 5.88. The Labute approximate surface area is 230 Å². The molecule has 1 aromatic heterocycles. The van der Waals surface area contributed by atoms with Gasteiger partial charge in [-0.1, -0.05) is 44.4 Å². The fraction of sp³-hybridized carbons (Fsp3) is 0.500. The van der Waals surface area contributed by atoms with Gasteiger partial charge in [0.15, 0.2) is 5.13 Å². The number of thiazole rings is 1. The van der Waals surface area contributed by atoms with E-state index in [0.717, 1.165) is 45.0 Å². The van der Waals surface area contributed by atoms with Crippen LogP contribution in [0.2, 0.25) is 0 Å². The van der Waals surface area contributed by atoms with Crippen LogP contribution in [0.1, 0.15) is 57.9 Å². The summed E-state index contributed by atoms with van der Waals surface area (Å²) >= 11 is 2.90. The van der Waals surface area contributed by atoms with Crippen molar-refractivity contribution in [3.63, 3.8) is 0 Å². The summed E-state index contributed by atoms with van der Waals surface area (Å²) in [4.78, 5) is 7.74. The Morgan fingerprint density at radius 2 is 1.92 bits per heavy atom. The molecule has 0 radical (unpaired) electrons. The molecule has 3 aromatic rings. The van der Waals surface area contributed by atoms with Gasteiger partial charge in [-0.2, -0.15) is 5.26 Å². The molecule has 1 heterocycles. The maximum atomic E-state index is 9.21. The Balaban J connectivity index is 0.000000367. The van der Waals surface area contributed by atoms with Gasteiger partial charge < -0.3 is 25.4 Å². The minimum absolute atomic E-state index is 0.542. The van der Waals surface area contributed by atoms with Crippen LogP contribution >= 0.6 is 23.3 Å². The highest BCUT2D eigenvalue weighted by Crippen LogP contribution is 2.33. The lowest BCUT2D eigenvalue weighted by Gasteiger charge is -2.27. The van der Waals surface area contributed by atoms with Crippen LogP contribution in [0, 0.1) is 11.3 Å². The van der Waals surface area contributed by atoms with Crippen molar-refractivity contribution in [2.24, 2.45) is 0 Å². The second-order valence-corrected chi connectivity index (χ2v) is 10.7. The first-order valence-electron chi connectivity index (χ1n) is 13.1. The molecule has 2 aromatic carbocycles. The molecule has 0 bridgehead atoms. The van der Waals surface area contributed by atoms with Crippen molar-refractivity contribution in [2.75, 3.05) is 44.8 Å². The monoisotopic (exact) mass is 542 g/mol. The molecular formula is C28H42N6OS2. The van der Waals surface area contributed by atoms with Gasteiger partial charge in [0, 0.05) is 16.6 Å². The van der Waals surface area contributed by atoms with E-state index in [9.17, 15) is 5.26 Å². The molecular weight excluding hydrogens is 500 g/mol. The van der Waals surface area contributed by atoms with Gasteiger partial charge in [0.25, 0.3) is 0 Å². The number of nitrogens with two attached hydrogens (primary N) is 1. The van der Waals surface area contributed by atoms with Crippen LogP contribution < -0.4 is 20.5 Å². The fourth-order valence-electron chi connectivity index (χ4n) is 3.90. The average molecular weight is 543 g/mol. The molecule has 0 spiro atoms. The number of hydrogen-bond acceptors (Lipinski definition) is 9. The molecule has 0 aliphatic heterocycles. The van der Waals surface area contributed by atoms with E-state index in [1.807, 2.05) is 45.2 Å². The van der Waals surface area contributed by atoms with Crippen LogP contribution in [-0.4, -0.2) is 50.2 Å². The number of ether oxygens (including phenoxy) is 1. The number of fused-ring (bicyclic) bond motifs is 1. The Morgan fingerprint density at radius 3 is 2.57 bits per heavy atom. The smallest absolute Gasteiger partial charge is 0.194 e. The van der Waals surface area contributed by atoms with Crippen molar-refractivity contribution in [1.82, 2.24) is 15.2 Å². The lowest BCUT2D eigenvalue weighted by molar-refractivity contribution is 0.229. The van der Waals surface area contributed by atoms with Crippen LogP contribution in [0.4, 0.5) is 10.8 Å². The van der Waals surface area contributed by atoms with Crippen LogP contribution in [0.15, 0.2) is 41.3 Å². The Morgan fingerprint density at radius 1 is 1.16 bits per heavy atom. The summed E-state index contributed by atoms with van der Waals surface area (Å²) in [7, 11) is 6.31. The predicted molar refractivity (Wildman–Crippen MR) is 161 cm³/mol. The molecule has 0 saturated heterocycles. The van der Waals surface area contributed by atoms with E-state index in [-0.39, 0.29) is 0 Å². The molecule has 1 aliphatic carbocycles. The summed E-state index contributed by atoms with van der Waals surface area (Å²) in [6.45, 7) is 5.62. The maximum absolute atomic E-state index is 9.21. The quantitative estimate of drug-likeness (QED) is 0.155. The van der Waals surface area contributed by atoms with E-state index in [2.05, 4.69) is 40.1 Å². The van der Waals surface area contributed by atoms with Gasteiger partial charge in [-0.05, 0) is 95.3 Å². The largest absolute Gasteiger partial charge is 0.493 e. The summed E-state index contributed by atoms with van der Waals surface area (Å²) in [5.41, 5.74) is 7.76. The van der Waals surface area contributed by atoms with E-state index in [1.54, 1.807) is 23.5 Å². The van der Waals surface area contributed by atoms with E-state index < -0.39 is 0 Å². The Kier molecular flexibility index (Phi) is 14.2. The number of nitrogen functional groups attached to an aromatic ring is 1. The number of anilines is 2. The van der Waals surface area contributed by atoms with E-state index in [0.29, 0.717) is 17.9 Å². The predicted octanol–water partition coefficient (Wildman–Crippen LogP) is 6.76. The van der Waals surface area contributed by atoms with Crippen molar-refractivity contribution >= 4 is 44.3 Å². The van der Waals surface area contributed by atoms with Crippen LogP contribution in [0.25, 0.3) is 10.2 Å². The van der Waals surface area contributed by atoms with Gasteiger partial charge in [0.05, 0.1) is 22.4 Å². The standard InChI is InChI=1S/C18H19N5OS2.C8H17N.C2H6/c1-21-7-2-8-24-14-4-5-15-17(10-14)25-18(22-15)23-26-16-6-3-13(20)9-12(16)11-19;1-9(2)8-6-4-3-5-7-8;1-2/h3-6,9-10,21H,2,7-8,20H2,1H3,(H,22,23);8H,3-7H2,1-2H3;1-2H3. The number of nitriles is 1. The first kappa shape index (κ1) is 30.7. The Hall–Kier alpha value is -2.51. The normalized spacial score (nSPS) is 13.2. The van der Waals surface area contributed by atoms with E-state index >= 15 is 0 Å². The number of aromatic nitrogens is 1. The van der Waals surface area contributed by atoms with Crippen LogP contribution in [-0.2, 0) is 0 Å². The minimum Gasteiger partial charge on any atom is -0.493 e. The summed E-state index contributed by atoms with van der Waals surface area (Å²) in [6, 6.07) is 14.2. The van der Waals surface area contributed by atoms with Gasteiger partial charge in [-0.3, -0.25) is 0 Å².